The van der Waals surface area contributed by atoms with Gasteiger partial charge in [-0.2, -0.15) is 0 Å². The summed E-state index contributed by atoms with van der Waals surface area (Å²) in [5.74, 6) is 0. The largest absolute Gasteiger partial charge is 0.391 e. The van der Waals surface area contributed by atoms with Gasteiger partial charge in [-0.1, -0.05) is 0 Å². The Hall–Kier alpha value is -0.530. The smallest absolute Gasteiger partial charge is 0.151 e. The molecule has 6 nitrogen and oxygen atoms in total. The van der Waals surface area contributed by atoms with E-state index in [0.717, 1.165) is 13.2 Å². The molecule has 1 saturated heterocycles. The summed E-state index contributed by atoms with van der Waals surface area (Å²) in [5.41, 5.74) is 0. The van der Waals surface area contributed by atoms with Gasteiger partial charge in [0.2, 0.25) is 0 Å². The van der Waals surface area contributed by atoms with Crippen molar-refractivity contribution in [2.45, 2.75) is 50.6 Å². The molecule has 4 unspecified atom stereocenters. The second-order valence-electron chi connectivity index (χ2n) is 4.02. The Morgan fingerprint density at radius 3 is 1.76 bits per heavy atom. The maximum Gasteiger partial charge on any atom is 0.151 e. The number of carbonyl (C=O) groups is 1. The van der Waals surface area contributed by atoms with E-state index in [9.17, 15) is 4.79 Å². The summed E-state index contributed by atoms with van der Waals surface area (Å²) in [6.45, 7) is 3.24. The molecule has 0 spiro atoms. The molecule has 0 amide bonds. The van der Waals surface area contributed by atoms with Crippen LogP contribution in [0.2, 0.25) is 0 Å². The molecule has 4 N–H and O–H groups in total. The Balaban J connectivity index is 0.000000354. The lowest BCUT2D eigenvalue weighted by Gasteiger charge is -2.21. The summed E-state index contributed by atoms with van der Waals surface area (Å²) < 4.78 is 5.07. The molecular weight excluding hydrogens is 228 g/mol. The number of hydrogen-bond acceptors (Lipinski definition) is 6. The van der Waals surface area contributed by atoms with E-state index >= 15 is 0 Å². The molecule has 0 aromatic rings. The Kier molecular flexibility index (Phi) is 9.20. The minimum absolute atomic E-state index is 0.0935. The van der Waals surface area contributed by atoms with Gasteiger partial charge in [-0.15, -0.1) is 0 Å². The number of rotatable bonds is 4. The summed E-state index contributed by atoms with van der Waals surface area (Å²) in [7, 11) is 0. The van der Waals surface area contributed by atoms with Crippen molar-refractivity contribution in [3.63, 3.8) is 0 Å². The minimum Gasteiger partial charge on any atom is -0.391 e. The van der Waals surface area contributed by atoms with Gasteiger partial charge in [-0.05, 0) is 26.2 Å². The molecule has 6 heteroatoms. The van der Waals surface area contributed by atoms with Gasteiger partial charge in [0.25, 0.3) is 0 Å². The fraction of sp³-hybridized carbons (Fsp3) is 0.909. The number of carbonyl (C=O) groups excluding carboxylic acids is 1. The summed E-state index contributed by atoms with van der Waals surface area (Å²) in [4.78, 5) is 9.87. The number of hydrogen-bond donors (Lipinski definition) is 4. The third-order valence-corrected chi connectivity index (χ3v) is 2.41. The van der Waals surface area contributed by atoms with Crippen molar-refractivity contribution >= 4 is 6.29 Å². The number of aliphatic hydroxyl groups excluding tert-OH is 4. The molecular formula is C11H22O6. The zero-order chi connectivity index (χ0) is 13.3. The number of ether oxygens (including phenoxy) is 1. The topological polar surface area (TPSA) is 107 Å². The third-order valence-electron chi connectivity index (χ3n) is 2.41. The molecule has 1 rings (SSSR count). The predicted octanol–water partition coefficient (Wildman–Crippen LogP) is -1.16. The zero-order valence-corrected chi connectivity index (χ0v) is 10.0. The maximum absolute atomic E-state index is 9.87. The van der Waals surface area contributed by atoms with Gasteiger partial charge < -0.3 is 30.0 Å². The average molecular weight is 250 g/mol. The van der Waals surface area contributed by atoms with Crippen LogP contribution in [0.5, 0.6) is 0 Å². The Morgan fingerprint density at radius 1 is 1.00 bits per heavy atom. The minimum atomic E-state index is -1.65. The van der Waals surface area contributed by atoms with Crippen LogP contribution in [0.4, 0.5) is 0 Å². The summed E-state index contributed by atoms with van der Waals surface area (Å²) in [6.07, 6.45) is -1.95. The van der Waals surface area contributed by atoms with Crippen LogP contribution in [-0.2, 0) is 9.53 Å². The fourth-order valence-electron chi connectivity index (χ4n) is 1.25. The molecule has 0 aromatic carbocycles. The summed E-state index contributed by atoms with van der Waals surface area (Å²) in [5, 5.41) is 35.1. The molecule has 4 atom stereocenters. The molecule has 0 bridgehead atoms. The van der Waals surface area contributed by atoms with Crippen molar-refractivity contribution in [1.82, 2.24) is 0 Å². The van der Waals surface area contributed by atoms with E-state index in [1.165, 1.54) is 26.2 Å². The van der Waals surface area contributed by atoms with Crippen molar-refractivity contribution < 1.29 is 30.0 Å². The van der Waals surface area contributed by atoms with E-state index < -0.39 is 24.4 Å². The fourth-order valence-corrected chi connectivity index (χ4v) is 1.25. The van der Waals surface area contributed by atoms with Gasteiger partial charge >= 0.3 is 0 Å². The summed E-state index contributed by atoms with van der Waals surface area (Å²) >= 11 is 0. The van der Waals surface area contributed by atoms with E-state index in [1.807, 2.05) is 0 Å². The first kappa shape index (κ1) is 16.5. The van der Waals surface area contributed by atoms with Crippen molar-refractivity contribution in [3.05, 3.63) is 0 Å². The van der Waals surface area contributed by atoms with Gasteiger partial charge in [-0.25, -0.2) is 0 Å². The van der Waals surface area contributed by atoms with E-state index in [0.29, 0.717) is 0 Å². The van der Waals surface area contributed by atoms with Crippen molar-refractivity contribution in [2.24, 2.45) is 0 Å². The SMILES string of the molecule is C1CCOCC1.CC(O)C(O)C(O)C(O)C=O. The second kappa shape index (κ2) is 9.49. The molecule has 0 aliphatic carbocycles. The van der Waals surface area contributed by atoms with Gasteiger partial charge in [0.15, 0.2) is 6.29 Å². The van der Waals surface area contributed by atoms with Crippen molar-refractivity contribution in [3.8, 4) is 0 Å². The highest BCUT2D eigenvalue weighted by molar-refractivity contribution is 5.56. The highest BCUT2D eigenvalue weighted by Crippen LogP contribution is 2.02. The molecule has 0 saturated carbocycles. The van der Waals surface area contributed by atoms with E-state index in [-0.39, 0.29) is 6.29 Å². The number of aliphatic hydroxyl groups is 4. The van der Waals surface area contributed by atoms with Crippen LogP contribution < -0.4 is 0 Å². The van der Waals surface area contributed by atoms with Gasteiger partial charge in [0.05, 0.1) is 6.10 Å². The highest BCUT2D eigenvalue weighted by atomic mass is 16.5. The normalized spacial score (nSPS) is 22.6. The molecule has 0 radical (unpaired) electrons. The van der Waals surface area contributed by atoms with Crippen LogP contribution in [-0.4, -0.2) is 64.3 Å². The zero-order valence-electron chi connectivity index (χ0n) is 10.0. The van der Waals surface area contributed by atoms with Crippen LogP contribution >= 0.6 is 0 Å². The molecule has 0 aromatic heterocycles. The van der Waals surface area contributed by atoms with Crippen LogP contribution in [0.15, 0.2) is 0 Å². The van der Waals surface area contributed by atoms with Gasteiger partial charge in [0, 0.05) is 13.2 Å². The molecule has 1 aliphatic heterocycles. The Morgan fingerprint density at radius 2 is 1.53 bits per heavy atom. The standard InChI is InChI=1S/C6H12O5.C5H10O/c1-3(8)5(10)6(11)4(9)2-7;1-2-4-6-5-3-1/h2-6,8-11H,1H3;1-5H2. The Labute approximate surface area is 101 Å². The lowest BCUT2D eigenvalue weighted by Crippen LogP contribution is -2.43. The first-order valence-electron chi connectivity index (χ1n) is 5.76. The van der Waals surface area contributed by atoms with Crippen molar-refractivity contribution in [1.29, 1.82) is 0 Å². The van der Waals surface area contributed by atoms with Gasteiger partial charge in [-0.3, -0.25) is 0 Å². The monoisotopic (exact) mass is 250 g/mol. The predicted molar refractivity (Wildman–Crippen MR) is 60.4 cm³/mol. The lowest BCUT2D eigenvalue weighted by molar-refractivity contribution is -0.132. The quantitative estimate of drug-likeness (QED) is 0.469. The van der Waals surface area contributed by atoms with Crippen LogP contribution in [0.3, 0.4) is 0 Å². The number of aldehydes is 1. The molecule has 1 heterocycles. The highest BCUT2D eigenvalue weighted by Gasteiger charge is 2.27. The van der Waals surface area contributed by atoms with Crippen LogP contribution in [0.25, 0.3) is 0 Å². The second-order valence-corrected chi connectivity index (χ2v) is 4.02. The maximum atomic E-state index is 9.87. The first-order valence-corrected chi connectivity index (χ1v) is 5.76. The van der Waals surface area contributed by atoms with Crippen molar-refractivity contribution in [2.75, 3.05) is 13.2 Å². The molecule has 102 valence electrons. The van der Waals surface area contributed by atoms with Crippen LogP contribution in [0.1, 0.15) is 26.2 Å². The lowest BCUT2D eigenvalue weighted by atomic mass is 10.1. The molecule has 1 aliphatic rings. The molecule has 1 fully saturated rings. The molecule has 17 heavy (non-hydrogen) atoms. The van der Waals surface area contributed by atoms with E-state index in [1.54, 1.807) is 0 Å². The van der Waals surface area contributed by atoms with Crippen LogP contribution in [0, 0.1) is 0 Å². The van der Waals surface area contributed by atoms with E-state index in [4.69, 9.17) is 25.2 Å². The van der Waals surface area contributed by atoms with E-state index in [2.05, 4.69) is 0 Å². The third kappa shape index (κ3) is 7.40. The summed E-state index contributed by atoms with van der Waals surface area (Å²) in [6, 6.07) is 0. The van der Waals surface area contributed by atoms with Gasteiger partial charge in [0.1, 0.15) is 18.3 Å². The first-order chi connectivity index (χ1) is 8.00. The average Bonchev–Trinajstić information content (AvgIpc) is 2.38. The Bertz CT molecular complexity index is 181.